The summed E-state index contributed by atoms with van der Waals surface area (Å²) in [7, 11) is 0. The van der Waals surface area contributed by atoms with Crippen LogP contribution >= 0.6 is 11.3 Å². The third kappa shape index (κ3) is 6.59. The van der Waals surface area contributed by atoms with Crippen LogP contribution in [0, 0.1) is 5.92 Å². The summed E-state index contributed by atoms with van der Waals surface area (Å²) >= 11 is 1.75. The zero-order valence-corrected chi connectivity index (χ0v) is 18.9. The molecule has 2 aromatic carbocycles. The van der Waals surface area contributed by atoms with Crippen LogP contribution in [0.5, 0.6) is 17.2 Å². The van der Waals surface area contributed by atoms with Gasteiger partial charge in [-0.25, -0.2) is 0 Å². The maximum absolute atomic E-state index is 11.1. The van der Waals surface area contributed by atoms with Gasteiger partial charge in [0.15, 0.2) is 0 Å². The molecule has 1 amide bonds. The summed E-state index contributed by atoms with van der Waals surface area (Å²) in [5.74, 6) is 3.21. The number of carbonyl (C=O) groups is 1. The first kappa shape index (κ1) is 21.4. The van der Waals surface area contributed by atoms with Crippen LogP contribution in [0.15, 0.2) is 60.0 Å². The molecular formula is C26H29NO3S. The molecule has 1 atom stereocenters. The van der Waals surface area contributed by atoms with E-state index in [0.717, 1.165) is 42.6 Å². The molecule has 4 rings (SSSR count). The summed E-state index contributed by atoms with van der Waals surface area (Å²) < 4.78 is 11.9. The first-order valence-electron chi connectivity index (χ1n) is 10.9. The smallest absolute Gasteiger partial charge is 0.217 e. The lowest BCUT2D eigenvalue weighted by Gasteiger charge is -2.11. The van der Waals surface area contributed by atoms with Crippen molar-refractivity contribution in [3.8, 4) is 27.7 Å². The molecule has 1 aromatic heterocycles. The number of benzene rings is 2. The molecule has 4 nitrogen and oxygen atoms in total. The van der Waals surface area contributed by atoms with E-state index in [1.54, 1.807) is 18.3 Å². The third-order valence-electron chi connectivity index (χ3n) is 5.33. The average Bonchev–Trinajstić information content (AvgIpc) is 3.47. The standard InChI is InChI=1S/C26H29NO3S/c1-18(27-19(2)28)6-7-21-14-26(31-17-21)22-10-12-23(13-11-22)30-25-5-3-4-24(15-25)29-16-20-8-9-20/h3-5,10-15,17-18,20H,6-9,16H2,1-2H3,(H,27,28). The fourth-order valence-corrected chi connectivity index (χ4v) is 4.37. The number of nitrogens with one attached hydrogen (secondary N) is 1. The number of hydrogen-bond donors (Lipinski definition) is 1. The van der Waals surface area contributed by atoms with Gasteiger partial charge in [0.05, 0.1) is 6.61 Å². The molecule has 1 fully saturated rings. The second-order valence-corrected chi connectivity index (χ2v) is 9.23. The Morgan fingerprint density at radius 3 is 2.61 bits per heavy atom. The zero-order chi connectivity index (χ0) is 21.6. The van der Waals surface area contributed by atoms with E-state index in [2.05, 4.69) is 28.9 Å². The van der Waals surface area contributed by atoms with Crippen molar-refractivity contribution < 1.29 is 14.3 Å². The second kappa shape index (κ2) is 10.0. The van der Waals surface area contributed by atoms with Crippen LogP contribution in [0.3, 0.4) is 0 Å². The molecule has 1 heterocycles. The zero-order valence-electron chi connectivity index (χ0n) is 18.1. The van der Waals surface area contributed by atoms with E-state index in [9.17, 15) is 4.79 Å². The van der Waals surface area contributed by atoms with Gasteiger partial charge in [0.25, 0.3) is 0 Å². The number of ether oxygens (including phenoxy) is 2. The normalized spacial score (nSPS) is 14.1. The maximum atomic E-state index is 11.1. The highest BCUT2D eigenvalue weighted by atomic mass is 32.1. The van der Waals surface area contributed by atoms with Gasteiger partial charge in [0, 0.05) is 23.9 Å². The lowest BCUT2D eigenvalue weighted by molar-refractivity contribution is -0.119. The molecule has 162 valence electrons. The quantitative estimate of drug-likeness (QED) is 0.398. The van der Waals surface area contributed by atoms with Crippen molar-refractivity contribution in [2.45, 2.75) is 45.6 Å². The van der Waals surface area contributed by atoms with Gasteiger partial charge in [-0.3, -0.25) is 4.79 Å². The molecule has 1 saturated carbocycles. The third-order valence-corrected chi connectivity index (χ3v) is 6.36. The molecule has 5 heteroatoms. The van der Waals surface area contributed by atoms with Crippen molar-refractivity contribution in [2.24, 2.45) is 5.92 Å². The number of thiophene rings is 1. The fourth-order valence-electron chi connectivity index (χ4n) is 3.41. The van der Waals surface area contributed by atoms with Gasteiger partial charge in [-0.05, 0) is 97.5 Å². The van der Waals surface area contributed by atoms with Crippen LogP contribution in [0.2, 0.25) is 0 Å². The van der Waals surface area contributed by atoms with Crippen molar-refractivity contribution in [2.75, 3.05) is 6.61 Å². The van der Waals surface area contributed by atoms with Crippen LogP contribution in [-0.2, 0) is 11.2 Å². The minimum Gasteiger partial charge on any atom is -0.493 e. The molecular weight excluding hydrogens is 406 g/mol. The maximum Gasteiger partial charge on any atom is 0.217 e. The Morgan fingerprint density at radius 1 is 1.10 bits per heavy atom. The Hall–Kier alpha value is -2.79. The summed E-state index contributed by atoms with van der Waals surface area (Å²) in [6, 6.07) is 18.5. The van der Waals surface area contributed by atoms with Gasteiger partial charge in [0.2, 0.25) is 5.91 Å². The molecule has 0 spiro atoms. The van der Waals surface area contributed by atoms with E-state index in [4.69, 9.17) is 9.47 Å². The highest BCUT2D eigenvalue weighted by molar-refractivity contribution is 7.13. The van der Waals surface area contributed by atoms with Gasteiger partial charge in [-0.15, -0.1) is 11.3 Å². The van der Waals surface area contributed by atoms with Crippen molar-refractivity contribution in [1.29, 1.82) is 0 Å². The van der Waals surface area contributed by atoms with Crippen LogP contribution in [0.25, 0.3) is 10.4 Å². The lowest BCUT2D eigenvalue weighted by Crippen LogP contribution is -2.30. The van der Waals surface area contributed by atoms with E-state index in [1.165, 1.54) is 28.8 Å². The van der Waals surface area contributed by atoms with Gasteiger partial charge in [0.1, 0.15) is 17.2 Å². The monoisotopic (exact) mass is 435 g/mol. The summed E-state index contributed by atoms with van der Waals surface area (Å²) in [6.45, 7) is 4.40. The van der Waals surface area contributed by atoms with E-state index < -0.39 is 0 Å². The molecule has 1 N–H and O–H groups in total. The van der Waals surface area contributed by atoms with Crippen LogP contribution in [0.4, 0.5) is 0 Å². The Morgan fingerprint density at radius 2 is 1.87 bits per heavy atom. The SMILES string of the molecule is CC(=O)NC(C)CCc1csc(-c2ccc(Oc3cccc(OCC4CC4)c3)cc2)c1. The molecule has 0 aliphatic heterocycles. The largest absolute Gasteiger partial charge is 0.493 e. The van der Waals surface area contributed by atoms with Gasteiger partial charge in [-0.1, -0.05) is 6.07 Å². The summed E-state index contributed by atoms with van der Waals surface area (Å²) in [5, 5.41) is 5.14. The molecule has 1 aliphatic carbocycles. The summed E-state index contributed by atoms with van der Waals surface area (Å²) in [6.07, 6.45) is 4.46. The number of aryl methyl sites for hydroxylation is 1. The second-order valence-electron chi connectivity index (χ2n) is 8.32. The first-order chi connectivity index (χ1) is 15.0. The molecule has 31 heavy (non-hydrogen) atoms. The van der Waals surface area contributed by atoms with Gasteiger partial charge >= 0.3 is 0 Å². The number of hydrogen-bond acceptors (Lipinski definition) is 4. The van der Waals surface area contributed by atoms with Gasteiger partial charge in [-0.2, -0.15) is 0 Å². The highest BCUT2D eigenvalue weighted by Crippen LogP contribution is 2.32. The Kier molecular flexibility index (Phi) is 6.92. The van der Waals surface area contributed by atoms with Crippen LogP contribution in [0.1, 0.15) is 38.7 Å². The minimum atomic E-state index is 0.0262. The van der Waals surface area contributed by atoms with Crippen LogP contribution < -0.4 is 14.8 Å². The topological polar surface area (TPSA) is 47.6 Å². The van der Waals surface area contributed by atoms with E-state index >= 15 is 0 Å². The van der Waals surface area contributed by atoms with Gasteiger partial charge < -0.3 is 14.8 Å². The van der Waals surface area contributed by atoms with Crippen molar-refractivity contribution >= 4 is 17.2 Å². The molecule has 0 radical (unpaired) electrons. The van der Waals surface area contributed by atoms with E-state index in [-0.39, 0.29) is 11.9 Å². The van der Waals surface area contributed by atoms with Crippen molar-refractivity contribution in [3.63, 3.8) is 0 Å². The minimum absolute atomic E-state index is 0.0262. The summed E-state index contributed by atoms with van der Waals surface area (Å²) in [5.41, 5.74) is 2.49. The Balaban J connectivity index is 1.32. The predicted molar refractivity (Wildman–Crippen MR) is 126 cm³/mol. The van der Waals surface area contributed by atoms with Crippen molar-refractivity contribution in [1.82, 2.24) is 5.32 Å². The van der Waals surface area contributed by atoms with Crippen LogP contribution in [-0.4, -0.2) is 18.6 Å². The number of carbonyl (C=O) groups excluding carboxylic acids is 1. The highest BCUT2D eigenvalue weighted by Gasteiger charge is 2.21. The van der Waals surface area contributed by atoms with E-state index in [0.29, 0.717) is 0 Å². The molecule has 1 unspecified atom stereocenters. The summed E-state index contributed by atoms with van der Waals surface area (Å²) in [4.78, 5) is 12.4. The fraction of sp³-hybridized carbons (Fsp3) is 0.346. The Labute approximate surface area is 188 Å². The van der Waals surface area contributed by atoms with E-state index in [1.807, 2.05) is 43.3 Å². The van der Waals surface area contributed by atoms with Crippen molar-refractivity contribution in [3.05, 3.63) is 65.5 Å². The lowest BCUT2D eigenvalue weighted by atomic mass is 10.1. The predicted octanol–water partition coefficient (Wildman–Crippen LogP) is 6.45. The first-order valence-corrected chi connectivity index (χ1v) is 11.8. The molecule has 3 aromatic rings. The molecule has 1 aliphatic rings. The Bertz CT molecular complexity index is 1010. The number of amides is 1. The molecule has 0 saturated heterocycles. The number of rotatable bonds is 10. The average molecular weight is 436 g/mol. The molecule has 0 bridgehead atoms.